The van der Waals surface area contributed by atoms with Crippen molar-refractivity contribution in [2.75, 3.05) is 4.90 Å². The molecule has 2 aromatic rings. The van der Waals surface area contributed by atoms with Crippen LogP contribution in [0.5, 0.6) is 0 Å². The van der Waals surface area contributed by atoms with Gasteiger partial charge in [-0.25, -0.2) is 13.8 Å². The number of halogens is 2. The number of nitrogens with zero attached hydrogens (tertiary/aromatic N) is 2. The van der Waals surface area contributed by atoms with E-state index in [2.05, 4.69) is 4.99 Å². The summed E-state index contributed by atoms with van der Waals surface area (Å²) in [6, 6.07) is 9.11. The maximum atomic E-state index is 13.5. The summed E-state index contributed by atoms with van der Waals surface area (Å²) in [6.45, 7) is 0. The first-order chi connectivity index (χ1) is 11.6. The fourth-order valence-electron chi connectivity index (χ4n) is 2.84. The first-order valence-corrected chi connectivity index (χ1v) is 8.34. The summed E-state index contributed by atoms with van der Waals surface area (Å²) < 4.78 is 27.0. The van der Waals surface area contributed by atoms with Crippen molar-refractivity contribution in [3.63, 3.8) is 0 Å². The third-order valence-electron chi connectivity index (χ3n) is 3.86. The summed E-state index contributed by atoms with van der Waals surface area (Å²) in [6.07, 6.45) is 0.708. The molecule has 0 saturated heterocycles. The third kappa shape index (κ3) is 2.49. The molecular formula is C18H12F2N2OS. The fourth-order valence-corrected chi connectivity index (χ4v) is 3.46. The van der Waals surface area contributed by atoms with Crippen LogP contribution in [-0.2, 0) is 4.79 Å². The Morgan fingerprint density at radius 2 is 2.08 bits per heavy atom. The molecule has 3 nitrogen and oxygen atoms in total. The highest BCUT2D eigenvalue weighted by molar-refractivity contribution is 7.08. The number of carbonyl (C=O) groups excluding carboxylic acids is 1. The minimum absolute atomic E-state index is 0.136. The van der Waals surface area contributed by atoms with Gasteiger partial charge in [0.05, 0.1) is 17.1 Å². The third-order valence-corrected chi connectivity index (χ3v) is 4.53. The van der Waals surface area contributed by atoms with Crippen LogP contribution in [0.2, 0.25) is 0 Å². The van der Waals surface area contributed by atoms with E-state index in [1.165, 1.54) is 23.5 Å². The molecule has 0 bridgehead atoms. The molecule has 120 valence electrons. The van der Waals surface area contributed by atoms with Crippen LogP contribution in [0.25, 0.3) is 0 Å². The number of thiophene rings is 1. The number of carbonyl (C=O) groups is 1. The van der Waals surface area contributed by atoms with Gasteiger partial charge in [-0.15, -0.1) is 0 Å². The first-order valence-electron chi connectivity index (χ1n) is 7.40. The van der Waals surface area contributed by atoms with Gasteiger partial charge in [0.15, 0.2) is 0 Å². The summed E-state index contributed by atoms with van der Waals surface area (Å²) in [7, 11) is 0. The van der Waals surface area contributed by atoms with Crippen molar-refractivity contribution in [1.82, 2.24) is 0 Å². The Labute approximate surface area is 141 Å². The average molecular weight is 342 g/mol. The normalized spacial score (nSPS) is 21.8. The van der Waals surface area contributed by atoms with E-state index in [0.29, 0.717) is 5.56 Å². The van der Waals surface area contributed by atoms with Gasteiger partial charge in [0.2, 0.25) is 0 Å². The van der Waals surface area contributed by atoms with Crippen LogP contribution >= 0.6 is 11.3 Å². The van der Waals surface area contributed by atoms with E-state index in [1.54, 1.807) is 11.0 Å². The number of alkyl halides is 1. The minimum atomic E-state index is -1.42. The number of para-hydroxylation sites is 1. The van der Waals surface area contributed by atoms with E-state index < -0.39 is 12.0 Å². The molecule has 1 aliphatic carbocycles. The van der Waals surface area contributed by atoms with E-state index in [1.807, 2.05) is 35.0 Å². The molecule has 0 saturated carbocycles. The predicted molar refractivity (Wildman–Crippen MR) is 91.2 cm³/mol. The van der Waals surface area contributed by atoms with Crippen molar-refractivity contribution >= 4 is 34.3 Å². The lowest BCUT2D eigenvalue weighted by atomic mass is 10.1. The first kappa shape index (κ1) is 15.0. The van der Waals surface area contributed by atoms with Crippen LogP contribution in [0.1, 0.15) is 12.0 Å². The van der Waals surface area contributed by atoms with Crippen molar-refractivity contribution in [2.45, 2.75) is 12.6 Å². The van der Waals surface area contributed by atoms with E-state index in [9.17, 15) is 13.6 Å². The summed E-state index contributed by atoms with van der Waals surface area (Å²) in [5, 5.41) is 3.75. The number of benzene rings is 1. The Morgan fingerprint density at radius 3 is 2.83 bits per heavy atom. The minimum Gasteiger partial charge on any atom is -0.274 e. The molecule has 2 aliphatic rings. The Bertz CT molecular complexity index is 900. The van der Waals surface area contributed by atoms with Crippen LogP contribution in [-0.4, -0.2) is 17.8 Å². The smallest absolute Gasteiger partial charge is 0.274 e. The molecule has 1 atom stereocenters. The zero-order chi connectivity index (χ0) is 16.7. The largest absolute Gasteiger partial charge is 0.282 e. The van der Waals surface area contributed by atoms with Gasteiger partial charge in [-0.1, -0.05) is 18.2 Å². The Kier molecular flexibility index (Phi) is 3.61. The monoisotopic (exact) mass is 342 g/mol. The van der Waals surface area contributed by atoms with E-state index in [4.69, 9.17) is 0 Å². The number of hydrogen-bond donors (Lipinski definition) is 0. The Morgan fingerprint density at radius 1 is 1.25 bits per heavy atom. The van der Waals surface area contributed by atoms with Crippen molar-refractivity contribution < 1.29 is 13.6 Å². The van der Waals surface area contributed by atoms with Crippen LogP contribution in [0.4, 0.5) is 20.2 Å². The zero-order valence-electron chi connectivity index (χ0n) is 12.4. The number of fused-ring (bicyclic) bond motifs is 1. The van der Waals surface area contributed by atoms with Gasteiger partial charge < -0.3 is 0 Å². The maximum Gasteiger partial charge on any atom is 0.282 e. The number of anilines is 2. The van der Waals surface area contributed by atoms with E-state index in [0.717, 1.165) is 11.4 Å². The molecule has 1 amide bonds. The van der Waals surface area contributed by atoms with E-state index >= 15 is 0 Å². The summed E-state index contributed by atoms with van der Waals surface area (Å²) in [4.78, 5) is 18.7. The molecule has 24 heavy (non-hydrogen) atoms. The predicted octanol–water partition coefficient (Wildman–Crippen LogP) is 4.69. The standard InChI is InChI=1S/C18H12F2N2OS/c19-11-7-12(20)9-13(8-11)21-17-15-3-1-2-4-16(15)22(18(17)23)14-5-6-24-10-14/h1-6,8-11H,7H2. The van der Waals surface area contributed by atoms with Crippen LogP contribution < -0.4 is 4.90 Å². The lowest BCUT2D eigenvalue weighted by Crippen LogP contribution is -2.25. The molecule has 1 aromatic carbocycles. The second-order valence-electron chi connectivity index (χ2n) is 5.50. The number of amides is 1. The molecule has 0 spiro atoms. The van der Waals surface area contributed by atoms with Crippen molar-refractivity contribution in [2.24, 2.45) is 4.99 Å². The molecule has 1 aliphatic heterocycles. The highest BCUT2D eigenvalue weighted by Gasteiger charge is 2.35. The second kappa shape index (κ2) is 5.79. The maximum absolute atomic E-state index is 13.5. The number of aliphatic imine (C=N–C) groups is 1. The van der Waals surface area contributed by atoms with Crippen molar-refractivity contribution in [3.8, 4) is 0 Å². The van der Waals surface area contributed by atoms with Gasteiger partial charge in [-0.3, -0.25) is 9.69 Å². The Hall–Kier alpha value is -2.60. The van der Waals surface area contributed by atoms with Crippen molar-refractivity contribution in [1.29, 1.82) is 0 Å². The summed E-state index contributed by atoms with van der Waals surface area (Å²) >= 11 is 1.49. The lowest BCUT2D eigenvalue weighted by molar-refractivity contribution is -0.111. The molecule has 0 radical (unpaired) electrons. The highest BCUT2D eigenvalue weighted by atomic mass is 32.1. The van der Waals surface area contributed by atoms with Gasteiger partial charge in [0.1, 0.15) is 17.7 Å². The topological polar surface area (TPSA) is 32.7 Å². The number of allylic oxidation sites excluding steroid dienone is 3. The fraction of sp³-hybridized carbons (Fsp3) is 0.111. The second-order valence-corrected chi connectivity index (χ2v) is 6.28. The van der Waals surface area contributed by atoms with Gasteiger partial charge in [-0.2, -0.15) is 11.3 Å². The SMILES string of the molecule is O=C1C(=NC2=CC(F)CC(F)=C2)c2ccccc2N1c1ccsc1. The average Bonchev–Trinajstić information content (AvgIpc) is 3.14. The van der Waals surface area contributed by atoms with Gasteiger partial charge >= 0.3 is 0 Å². The summed E-state index contributed by atoms with van der Waals surface area (Å²) in [5.41, 5.74) is 2.46. The van der Waals surface area contributed by atoms with Gasteiger partial charge in [-0.05, 0) is 29.7 Å². The molecular weight excluding hydrogens is 330 g/mol. The molecule has 0 fully saturated rings. The van der Waals surface area contributed by atoms with Crippen LogP contribution in [0, 0.1) is 0 Å². The van der Waals surface area contributed by atoms with Crippen LogP contribution in [0.15, 0.2) is 69.8 Å². The molecule has 1 aromatic heterocycles. The quantitative estimate of drug-likeness (QED) is 0.779. The molecule has 0 N–H and O–H groups in total. The van der Waals surface area contributed by atoms with Gasteiger partial charge in [0, 0.05) is 17.4 Å². The molecule has 6 heteroatoms. The van der Waals surface area contributed by atoms with E-state index in [-0.39, 0.29) is 23.7 Å². The zero-order valence-corrected chi connectivity index (χ0v) is 13.3. The number of rotatable bonds is 2. The lowest BCUT2D eigenvalue weighted by Gasteiger charge is -2.14. The Balaban J connectivity index is 1.83. The molecule has 1 unspecified atom stereocenters. The summed E-state index contributed by atoms with van der Waals surface area (Å²) in [5.74, 6) is -0.872. The van der Waals surface area contributed by atoms with Gasteiger partial charge in [0.25, 0.3) is 5.91 Å². The van der Waals surface area contributed by atoms with Crippen molar-refractivity contribution in [3.05, 3.63) is 70.3 Å². The highest BCUT2D eigenvalue weighted by Crippen LogP contribution is 2.37. The number of hydrogen-bond acceptors (Lipinski definition) is 3. The molecule has 4 rings (SSSR count). The van der Waals surface area contributed by atoms with Crippen LogP contribution in [0.3, 0.4) is 0 Å². The molecule has 2 heterocycles.